The van der Waals surface area contributed by atoms with Crippen molar-refractivity contribution in [1.82, 2.24) is 0 Å². The summed E-state index contributed by atoms with van der Waals surface area (Å²) in [6.07, 6.45) is 0. The fourth-order valence-corrected chi connectivity index (χ4v) is 3.56. The second kappa shape index (κ2) is 7.94. The lowest BCUT2D eigenvalue weighted by atomic mass is 10.1. The third-order valence-corrected chi connectivity index (χ3v) is 5.55. The van der Waals surface area contributed by atoms with E-state index in [0.29, 0.717) is 11.3 Å². The average Bonchev–Trinajstić information content (AvgIpc) is 2.97. The number of anilines is 1. The van der Waals surface area contributed by atoms with E-state index >= 15 is 0 Å². The number of rotatable bonds is 4. The van der Waals surface area contributed by atoms with Gasteiger partial charge in [0.25, 0.3) is 11.8 Å². The normalized spacial score (nSPS) is 12.8. The molecule has 0 fully saturated rings. The third-order valence-electron chi connectivity index (χ3n) is 4.83. The summed E-state index contributed by atoms with van der Waals surface area (Å²) < 4.78 is 5.36. The van der Waals surface area contributed by atoms with Crippen molar-refractivity contribution in [3.05, 3.63) is 98.5 Å². The molecule has 3 aromatic carbocycles. The number of nitrogens with zero attached hydrogens (tertiary/aromatic N) is 1. The predicted octanol–water partition coefficient (Wildman–Crippen LogP) is 5.46. The first kappa shape index (κ1) is 20.1. The number of halogens is 2. The van der Waals surface area contributed by atoms with Gasteiger partial charge < -0.3 is 4.74 Å². The second-order valence-corrected chi connectivity index (χ2v) is 7.64. The van der Waals surface area contributed by atoms with Crippen LogP contribution in [0.4, 0.5) is 5.69 Å². The number of ether oxygens (including phenoxy) is 1. The number of carbonyl (C=O) groups excluding carboxylic acids is 3. The summed E-state index contributed by atoms with van der Waals surface area (Å²) in [5, 5.41) is 0.377. The van der Waals surface area contributed by atoms with E-state index in [2.05, 4.69) is 0 Å². The Kier molecular flexibility index (Phi) is 5.33. The van der Waals surface area contributed by atoms with Crippen LogP contribution >= 0.6 is 23.2 Å². The van der Waals surface area contributed by atoms with E-state index in [9.17, 15) is 14.4 Å². The zero-order chi connectivity index (χ0) is 21.4. The van der Waals surface area contributed by atoms with Gasteiger partial charge in [0.2, 0.25) is 0 Å². The van der Waals surface area contributed by atoms with Crippen molar-refractivity contribution in [2.45, 2.75) is 13.5 Å². The fraction of sp³-hybridized carbons (Fsp3) is 0.0870. The maximum Gasteiger partial charge on any atom is 0.338 e. The first-order valence-electron chi connectivity index (χ1n) is 9.06. The molecule has 5 nitrogen and oxygen atoms in total. The molecule has 4 rings (SSSR count). The van der Waals surface area contributed by atoms with Crippen LogP contribution in [0.25, 0.3) is 0 Å². The summed E-state index contributed by atoms with van der Waals surface area (Å²) >= 11 is 12.0. The minimum atomic E-state index is -0.553. The largest absolute Gasteiger partial charge is 0.457 e. The number of carbonyl (C=O) groups is 3. The van der Waals surface area contributed by atoms with E-state index in [4.69, 9.17) is 27.9 Å². The average molecular weight is 440 g/mol. The first-order chi connectivity index (χ1) is 14.4. The first-order valence-corrected chi connectivity index (χ1v) is 9.82. The Labute approximate surface area is 182 Å². The molecule has 0 spiro atoms. The molecule has 0 bridgehead atoms. The van der Waals surface area contributed by atoms with Crippen molar-refractivity contribution in [1.29, 1.82) is 0 Å². The highest BCUT2D eigenvalue weighted by Crippen LogP contribution is 2.35. The lowest BCUT2D eigenvalue weighted by Crippen LogP contribution is -2.30. The molecule has 7 heteroatoms. The van der Waals surface area contributed by atoms with Gasteiger partial charge in [0, 0.05) is 0 Å². The number of hydrogen-bond acceptors (Lipinski definition) is 4. The third kappa shape index (κ3) is 3.58. The number of benzene rings is 3. The predicted molar refractivity (Wildman–Crippen MR) is 114 cm³/mol. The van der Waals surface area contributed by atoms with Crippen LogP contribution in [0, 0.1) is 6.92 Å². The van der Waals surface area contributed by atoms with Gasteiger partial charge in [0.05, 0.1) is 32.4 Å². The smallest absolute Gasteiger partial charge is 0.338 e. The molecule has 0 aromatic heterocycles. The van der Waals surface area contributed by atoms with Gasteiger partial charge in [0.1, 0.15) is 6.61 Å². The molecule has 0 saturated heterocycles. The Morgan fingerprint density at radius 2 is 1.50 bits per heavy atom. The summed E-state index contributed by atoms with van der Waals surface area (Å²) in [4.78, 5) is 39.4. The quantitative estimate of drug-likeness (QED) is 0.399. The highest BCUT2D eigenvalue weighted by atomic mass is 35.5. The van der Waals surface area contributed by atoms with Crippen molar-refractivity contribution in [2.75, 3.05) is 4.90 Å². The van der Waals surface area contributed by atoms with E-state index in [1.807, 2.05) is 30.3 Å². The summed E-state index contributed by atoms with van der Waals surface area (Å²) in [6.45, 7) is 1.87. The summed E-state index contributed by atoms with van der Waals surface area (Å²) in [5.41, 5.74) is 2.40. The highest BCUT2D eigenvalue weighted by Gasteiger charge is 2.38. The minimum Gasteiger partial charge on any atom is -0.457 e. The number of aryl methyl sites for hydroxylation is 1. The highest BCUT2D eigenvalue weighted by molar-refractivity contribution is 6.44. The molecule has 2 amide bonds. The maximum absolute atomic E-state index is 12.9. The molecule has 0 unspecified atom stereocenters. The molecule has 0 aliphatic carbocycles. The molecular formula is C23H15Cl2NO4. The van der Waals surface area contributed by atoms with E-state index in [0.717, 1.165) is 10.5 Å². The molecule has 0 N–H and O–H groups in total. The van der Waals surface area contributed by atoms with Gasteiger partial charge in [0.15, 0.2) is 0 Å². The molecule has 150 valence electrons. The van der Waals surface area contributed by atoms with Crippen LogP contribution in [0.1, 0.15) is 42.2 Å². The van der Waals surface area contributed by atoms with Crippen molar-refractivity contribution < 1.29 is 19.1 Å². The van der Waals surface area contributed by atoms with Gasteiger partial charge in [-0.2, -0.15) is 0 Å². The number of fused-ring (bicyclic) bond motifs is 1. The molecule has 0 atom stereocenters. The molecule has 3 aromatic rings. The molecule has 0 radical (unpaired) electrons. The van der Waals surface area contributed by atoms with Gasteiger partial charge in [-0.25, -0.2) is 9.69 Å². The van der Waals surface area contributed by atoms with Crippen LogP contribution in [-0.4, -0.2) is 17.8 Å². The number of imide groups is 1. The topological polar surface area (TPSA) is 63.7 Å². The standard InChI is InChI=1S/C23H15Cl2NO4/c1-13-7-8-15(23(29)30-12-14-5-3-2-4-6-14)9-20(13)26-21(27)16-10-18(24)19(25)11-17(16)22(26)28/h2-11H,12H2,1H3. The monoisotopic (exact) mass is 439 g/mol. The van der Waals surface area contributed by atoms with Crippen molar-refractivity contribution in [2.24, 2.45) is 0 Å². The van der Waals surface area contributed by atoms with E-state index in [1.165, 1.54) is 18.2 Å². The molecule has 0 saturated carbocycles. The van der Waals surface area contributed by atoms with Gasteiger partial charge in [-0.1, -0.05) is 59.6 Å². The molecular weight excluding hydrogens is 425 g/mol. The summed E-state index contributed by atoms with van der Waals surface area (Å²) in [7, 11) is 0. The van der Waals surface area contributed by atoms with E-state index in [-0.39, 0.29) is 33.3 Å². The minimum absolute atomic E-state index is 0.118. The Morgan fingerprint density at radius 1 is 0.900 bits per heavy atom. The number of hydrogen-bond donors (Lipinski definition) is 0. The molecule has 30 heavy (non-hydrogen) atoms. The van der Waals surface area contributed by atoms with Crippen LogP contribution in [0.2, 0.25) is 10.0 Å². The Hall–Kier alpha value is -3.15. The fourth-order valence-electron chi connectivity index (χ4n) is 3.24. The molecule has 1 aliphatic heterocycles. The van der Waals surface area contributed by atoms with Gasteiger partial charge in [-0.3, -0.25) is 9.59 Å². The van der Waals surface area contributed by atoms with Gasteiger partial charge in [-0.05, 0) is 42.3 Å². The Balaban J connectivity index is 1.63. The number of amides is 2. The van der Waals surface area contributed by atoms with E-state index in [1.54, 1.807) is 19.1 Å². The van der Waals surface area contributed by atoms with Crippen LogP contribution in [-0.2, 0) is 11.3 Å². The van der Waals surface area contributed by atoms with Gasteiger partial charge in [-0.15, -0.1) is 0 Å². The molecule has 1 aliphatic rings. The molecule has 1 heterocycles. The van der Waals surface area contributed by atoms with Gasteiger partial charge >= 0.3 is 5.97 Å². The SMILES string of the molecule is Cc1ccc(C(=O)OCc2ccccc2)cc1N1C(=O)c2cc(Cl)c(Cl)cc2C1=O. The zero-order valence-electron chi connectivity index (χ0n) is 15.8. The van der Waals surface area contributed by atoms with Crippen molar-refractivity contribution in [3.8, 4) is 0 Å². The number of esters is 1. The summed E-state index contributed by atoms with van der Waals surface area (Å²) in [6, 6.07) is 16.8. The van der Waals surface area contributed by atoms with Crippen molar-refractivity contribution >= 4 is 46.7 Å². The zero-order valence-corrected chi connectivity index (χ0v) is 17.3. The Bertz CT molecular complexity index is 1150. The van der Waals surface area contributed by atoms with Crippen LogP contribution in [0.15, 0.2) is 60.7 Å². The lowest BCUT2D eigenvalue weighted by molar-refractivity contribution is 0.0472. The second-order valence-electron chi connectivity index (χ2n) is 6.82. The van der Waals surface area contributed by atoms with Crippen LogP contribution in [0.5, 0.6) is 0 Å². The van der Waals surface area contributed by atoms with Crippen LogP contribution in [0.3, 0.4) is 0 Å². The Morgan fingerprint density at radius 3 is 2.10 bits per heavy atom. The van der Waals surface area contributed by atoms with E-state index < -0.39 is 17.8 Å². The van der Waals surface area contributed by atoms with Crippen molar-refractivity contribution in [3.63, 3.8) is 0 Å². The van der Waals surface area contributed by atoms with Crippen LogP contribution < -0.4 is 4.90 Å². The summed E-state index contributed by atoms with van der Waals surface area (Å²) in [5.74, 6) is -1.60. The lowest BCUT2D eigenvalue weighted by Gasteiger charge is -2.17. The maximum atomic E-state index is 12.9.